The van der Waals surface area contributed by atoms with E-state index in [-0.39, 0.29) is 36.7 Å². The number of esters is 1. The summed E-state index contributed by atoms with van der Waals surface area (Å²) in [5.74, 6) is -0.0257. The van der Waals surface area contributed by atoms with E-state index in [1.54, 1.807) is 0 Å². The number of halogens is 1. The SMILES string of the molecule is COC(=O)CCNC(=O)C[C@@H]1CCC[C@H]1N.Cl. The smallest absolute Gasteiger partial charge is 0.307 e. The van der Waals surface area contributed by atoms with Gasteiger partial charge in [-0.15, -0.1) is 12.4 Å². The number of ether oxygens (including phenoxy) is 1. The summed E-state index contributed by atoms with van der Waals surface area (Å²) >= 11 is 0. The largest absolute Gasteiger partial charge is 0.469 e. The molecular formula is C11H21ClN2O3. The molecule has 1 aliphatic carbocycles. The number of nitrogens with two attached hydrogens (primary N) is 1. The van der Waals surface area contributed by atoms with E-state index in [1.807, 2.05) is 0 Å². The van der Waals surface area contributed by atoms with E-state index in [0.29, 0.717) is 18.9 Å². The molecule has 0 spiro atoms. The molecule has 1 saturated carbocycles. The number of hydrogen-bond acceptors (Lipinski definition) is 4. The van der Waals surface area contributed by atoms with Crippen LogP contribution in [0.1, 0.15) is 32.1 Å². The van der Waals surface area contributed by atoms with Crippen molar-refractivity contribution in [1.29, 1.82) is 0 Å². The summed E-state index contributed by atoms with van der Waals surface area (Å²) in [6.07, 6.45) is 3.86. The van der Waals surface area contributed by atoms with E-state index in [2.05, 4.69) is 10.1 Å². The van der Waals surface area contributed by atoms with Crippen LogP contribution in [0.25, 0.3) is 0 Å². The molecule has 1 aliphatic rings. The van der Waals surface area contributed by atoms with Crippen LogP contribution < -0.4 is 11.1 Å². The lowest BCUT2D eigenvalue weighted by Crippen LogP contribution is -2.32. The van der Waals surface area contributed by atoms with Crippen molar-refractivity contribution in [2.45, 2.75) is 38.1 Å². The Bertz CT molecular complexity index is 261. The molecule has 0 aromatic heterocycles. The molecule has 17 heavy (non-hydrogen) atoms. The summed E-state index contributed by atoms with van der Waals surface area (Å²) in [5, 5.41) is 2.70. The van der Waals surface area contributed by atoms with Crippen molar-refractivity contribution in [3.63, 3.8) is 0 Å². The molecule has 0 aliphatic heterocycles. The fraction of sp³-hybridized carbons (Fsp3) is 0.818. The zero-order valence-electron chi connectivity index (χ0n) is 10.1. The summed E-state index contributed by atoms with van der Waals surface area (Å²) in [5.41, 5.74) is 5.87. The zero-order chi connectivity index (χ0) is 12.0. The molecule has 2 atom stereocenters. The third kappa shape index (κ3) is 5.89. The number of carbonyl (C=O) groups is 2. The van der Waals surface area contributed by atoms with Crippen molar-refractivity contribution < 1.29 is 14.3 Å². The molecule has 100 valence electrons. The van der Waals surface area contributed by atoms with Crippen LogP contribution in [-0.2, 0) is 14.3 Å². The Labute approximate surface area is 108 Å². The lowest BCUT2D eigenvalue weighted by Gasteiger charge is -2.14. The van der Waals surface area contributed by atoms with Crippen LogP contribution in [0.4, 0.5) is 0 Å². The minimum absolute atomic E-state index is 0. The van der Waals surface area contributed by atoms with E-state index in [4.69, 9.17) is 5.73 Å². The molecule has 0 unspecified atom stereocenters. The highest BCUT2D eigenvalue weighted by Crippen LogP contribution is 2.26. The van der Waals surface area contributed by atoms with Gasteiger partial charge in [0.1, 0.15) is 0 Å². The maximum absolute atomic E-state index is 11.5. The summed E-state index contributed by atoms with van der Waals surface area (Å²) in [4.78, 5) is 22.3. The molecule has 6 heteroatoms. The van der Waals surface area contributed by atoms with Gasteiger partial charge in [0.15, 0.2) is 0 Å². The minimum Gasteiger partial charge on any atom is -0.469 e. The monoisotopic (exact) mass is 264 g/mol. The molecule has 0 aromatic carbocycles. The number of carbonyl (C=O) groups excluding carboxylic acids is 2. The summed E-state index contributed by atoms with van der Waals surface area (Å²) in [6.45, 7) is 0.341. The summed E-state index contributed by atoms with van der Waals surface area (Å²) < 4.78 is 4.47. The standard InChI is InChI=1S/C11H20N2O3.ClH/c1-16-11(15)5-6-13-10(14)7-8-3-2-4-9(8)12;/h8-9H,2-7,12H2,1H3,(H,13,14);1H/t8-,9+;/m0./s1. The van der Waals surface area contributed by atoms with E-state index in [0.717, 1.165) is 19.3 Å². The number of methoxy groups -OCH3 is 1. The second kappa shape index (κ2) is 8.31. The van der Waals surface area contributed by atoms with Gasteiger partial charge in [-0.05, 0) is 18.8 Å². The molecule has 1 amide bonds. The van der Waals surface area contributed by atoms with Crippen molar-refractivity contribution in [2.24, 2.45) is 11.7 Å². The molecule has 0 saturated heterocycles. The van der Waals surface area contributed by atoms with Gasteiger partial charge in [0.2, 0.25) is 5.91 Å². The quantitative estimate of drug-likeness (QED) is 0.713. The van der Waals surface area contributed by atoms with Crippen LogP contribution in [0.5, 0.6) is 0 Å². The summed E-state index contributed by atoms with van der Waals surface area (Å²) in [6, 6.07) is 0.159. The Balaban J connectivity index is 0.00000256. The van der Waals surface area contributed by atoms with E-state index in [9.17, 15) is 9.59 Å². The number of amides is 1. The molecule has 0 bridgehead atoms. The second-order valence-electron chi connectivity index (χ2n) is 4.24. The van der Waals surface area contributed by atoms with Crippen molar-refractivity contribution >= 4 is 24.3 Å². The van der Waals surface area contributed by atoms with Crippen LogP contribution in [0, 0.1) is 5.92 Å². The fourth-order valence-electron chi connectivity index (χ4n) is 2.04. The van der Waals surface area contributed by atoms with Crippen molar-refractivity contribution in [2.75, 3.05) is 13.7 Å². The molecule has 3 N–H and O–H groups in total. The first kappa shape index (κ1) is 16.2. The van der Waals surface area contributed by atoms with Crippen molar-refractivity contribution in [3.8, 4) is 0 Å². The summed E-state index contributed by atoms with van der Waals surface area (Å²) in [7, 11) is 1.34. The number of rotatable bonds is 5. The minimum atomic E-state index is -0.308. The molecule has 0 heterocycles. The van der Waals surface area contributed by atoms with Crippen LogP contribution in [0.3, 0.4) is 0 Å². The van der Waals surface area contributed by atoms with Crippen molar-refractivity contribution in [3.05, 3.63) is 0 Å². The third-order valence-corrected chi connectivity index (χ3v) is 3.04. The Morgan fingerprint density at radius 3 is 2.65 bits per heavy atom. The van der Waals surface area contributed by atoms with Gasteiger partial charge in [0, 0.05) is 19.0 Å². The van der Waals surface area contributed by atoms with Gasteiger partial charge in [-0.1, -0.05) is 6.42 Å². The highest BCUT2D eigenvalue weighted by molar-refractivity contribution is 5.85. The first-order valence-corrected chi connectivity index (χ1v) is 5.72. The maximum atomic E-state index is 11.5. The van der Waals surface area contributed by atoms with Gasteiger partial charge in [0.05, 0.1) is 13.5 Å². The molecule has 0 aromatic rings. The lowest BCUT2D eigenvalue weighted by molar-refractivity contribution is -0.140. The highest BCUT2D eigenvalue weighted by atomic mass is 35.5. The van der Waals surface area contributed by atoms with Crippen molar-refractivity contribution in [1.82, 2.24) is 5.32 Å². The average Bonchev–Trinajstić information content (AvgIpc) is 2.64. The molecular weight excluding hydrogens is 244 g/mol. The van der Waals surface area contributed by atoms with Gasteiger partial charge in [-0.3, -0.25) is 9.59 Å². The van der Waals surface area contributed by atoms with Crippen LogP contribution in [0.15, 0.2) is 0 Å². The number of nitrogens with one attached hydrogen (secondary N) is 1. The molecule has 0 radical (unpaired) electrons. The van der Waals surface area contributed by atoms with Crippen LogP contribution in [0.2, 0.25) is 0 Å². The second-order valence-corrected chi connectivity index (χ2v) is 4.24. The van der Waals surface area contributed by atoms with Crippen LogP contribution >= 0.6 is 12.4 Å². The van der Waals surface area contributed by atoms with E-state index < -0.39 is 0 Å². The van der Waals surface area contributed by atoms with Gasteiger partial charge >= 0.3 is 5.97 Å². The maximum Gasteiger partial charge on any atom is 0.307 e. The third-order valence-electron chi connectivity index (χ3n) is 3.04. The first-order valence-electron chi connectivity index (χ1n) is 5.72. The average molecular weight is 265 g/mol. The highest BCUT2D eigenvalue weighted by Gasteiger charge is 2.25. The fourth-order valence-corrected chi connectivity index (χ4v) is 2.04. The van der Waals surface area contributed by atoms with Crippen LogP contribution in [-0.4, -0.2) is 31.6 Å². The van der Waals surface area contributed by atoms with Gasteiger partial charge in [-0.2, -0.15) is 0 Å². The first-order chi connectivity index (χ1) is 7.63. The van der Waals surface area contributed by atoms with Gasteiger partial charge in [0.25, 0.3) is 0 Å². The number of hydrogen-bond donors (Lipinski definition) is 2. The Kier molecular flexibility index (Phi) is 7.91. The molecule has 1 fully saturated rings. The van der Waals surface area contributed by atoms with Gasteiger partial charge in [-0.25, -0.2) is 0 Å². The predicted octanol–water partition coefficient (Wildman–Crippen LogP) is 0.605. The Hall–Kier alpha value is -0.810. The van der Waals surface area contributed by atoms with E-state index >= 15 is 0 Å². The Morgan fingerprint density at radius 2 is 2.12 bits per heavy atom. The topological polar surface area (TPSA) is 81.4 Å². The molecule has 5 nitrogen and oxygen atoms in total. The predicted molar refractivity (Wildman–Crippen MR) is 66.8 cm³/mol. The lowest BCUT2D eigenvalue weighted by atomic mass is 10.00. The Morgan fingerprint density at radius 1 is 1.41 bits per heavy atom. The van der Waals surface area contributed by atoms with E-state index in [1.165, 1.54) is 7.11 Å². The zero-order valence-corrected chi connectivity index (χ0v) is 10.9. The molecule has 1 rings (SSSR count). The normalized spacial score (nSPS) is 22.7. The van der Waals surface area contributed by atoms with Gasteiger partial charge < -0.3 is 15.8 Å².